The largest absolute Gasteiger partial charge is 0.376 e. The topological polar surface area (TPSA) is 60.2 Å². The number of hydrogen-bond acceptors (Lipinski definition) is 5. The molecule has 7 heteroatoms. The summed E-state index contributed by atoms with van der Waals surface area (Å²) in [5.74, 6) is 0.248. The lowest BCUT2D eigenvalue weighted by Gasteiger charge is -2.22. The van der Waals surface area contributed by atoms with Crippen LogP contribution in [0, 0.1) is 0 Å². The summed E-state index contributed by atoms with van der Waals surface area (Å²) in [6.07, 6.45) is 3.84. The predicted octanol–water partition coefficient (Wildman–Crippen LogP) is 3.98. The molecule has 0 N–H and O–H groups in total. The number of hydrogen-bond donors (Lipinski definition) is 0. The highest BCUT2D eigenvalue weighted by molar-refractivity contribution is 7.22. The van der Waals surface area contributed by atoms with E-state index in [1.807, 2.05) is 7.05 Å². The van der Waals surface area contributed by atoms with E-state index in [9.17, 15) is 4.79 Å². The number of fused-ring (bicyclic) bond motifs is 1. The molecule has 0 aliphatic carbocycles. The van der Waals surface area contributed by atoms with E-state index in [1.54, 1.807) is 33.2 Å². The number of anilines is 1. The Morgan fingerprint density at radius 3 is 2.93 bits per heavy atom. The number of carbonyl (C=O) groups excluding carboxylic acids is 1. The number of benzene rings is 1. The molecule has 2 aromatic heterocycles. The van der Waals surface area contributed by atoms with Crippen LogP contribution in [0.25, 0.3) is 10.2 Å². The lowest BCUT2D eigenvalue weighted by atomic mass is 10.0. The number of amides is 1. The van der Waals surface area contributed by atoms with Gasteiger partial charge in [-0.2, -0.15) is 5.10 Å². The number of rotatable bonds is 5. The van der Waals surface area contributed by atoms with Gasteiger partial charge in [0.25, 0.3) is 5.91 Å². The van der Waals surface area contributed by atoms with Gasteiger partial charge in [-0.3, -0.25) is 14.4 Å². The maximum atomic E-state index is 13.2. The Labute approximate surface area is 162 Å². The molecule has 0 radical (unpaired) electrons. The van der Waals surface area contributed by atoms with Crippen molar-refractivity contribution in [1.82, 2.24) is 14.8 Å². The van der Waals surface area contributed by atoms with Crippen LogP contribution in [0.1, 0.15) is 48.7 Å². The minimum Gasteiger partial charge on any atom is -0.376 e. The Balaban J connectivity index is 1.74. The van der Waals surface area contributed by atoms with Crippen LogP contribution in [-0.4, -0.2) is 39.9 Å². The molecule has 1 aromatic carbocycles. The molecular weight excluding hydrogens is 360 g/mol. The van der Waals surface area contributed by atoms with E-state index in [-0.39, 0.29) is 12.0 Å². The van der Waals surface area contributed by atoms with Crippen LogP contribution in [0.2, 0.25) is 0 Å². The number of thiazole rings is 1. The van der Waals surface area contributed by atoms with Gasteiger partial charge in [-0.15, -0.1) is 0 Å². The zero-order chi connectivity index (χ0) is 19.0. The average Bonchev–Trinajstić information content (AvgIpc) is 3.38. The van der Waals surface area contributed by atoms with Crippen molar-refractivity contribution in [2.45, 2.75) is 38.7 Å². The molecule has 3 heterocycles. The van der Waals surface area contributed by atoms with Crippen molar-refractivity contribution in [1.29, 1.82) is 0 Å². The Morgan fingerprint density at radius 1 is 1.41 bits per heavy atom. The summed E-state index contributed by atoms with van der Waals surface area (Å²) in [4.78, 5) is 19.8. The first-order valence-corrected chi connectivity index (χ1v) is 10.2. The molecule has 1 fully saturated rings. The third kappa shape index (κ3) is 3.61. The van der Waals surface area contributed by atoms with Gasteiger partial charge < -0.3 is 4.74 Å². The van der Waals surface area contributed by atoms with Crippen molar-refractivity contribution in [3.63, 3.8) is 0 Å². The first-order chi connectivity index (χ1) is 13.0. The van der Waals surface area contributed by atoms with Gasteiger partial charge in [0.05, 0.1) is 22.9 Å². The second kappa shape index (κ2) is 7.40. The van der Waals surface area contributed by atoms with Crippen LogP contribution in [0.3, 0.4) is 0 Å². The van der Waals surface area contributed by atoms with E-state index in [1.165, 1.54) is 5.56 Å². The van der Waals surface area contributed by atoms with E-state index in [2.05, 4.69) is 37.1 Å². The van der Waals surface area contributed by atoms with Crippen LogP contribution >= 0.6 is 11.3 Å². The summed E-state index contributed by atoms with van der Waals surface area (Å²) in [5, 5.41) is 5.01. The van der Waals surface area contributed by atoms with Gasteiger partial charge in [0.1, 0.15) is 0 Å². The molecule has 1 saturated heterocycles. The maximum absolute atomic E-state index is 13.2. The molecular formula is C20H24N4O2S. The number of nitrogens with zero attached hydrogens (tertiary/aromatic N) is 4. The van der Waals surface area contributed by atoms with Crippen molar-refractivity contribution in [2.75, 3.05) is 18.1 Å². The number of ether oxygens (including phenoxy) is 1. The highest BCUT2D eigenvalue weighted by Crippen LogP contribution is 2.34. The summed E-state index contributed by atoms with van der Waals surface area (Å²) >= 11 is 1.55. The average molecular weight is 385 g/mol. The molecule has 1 aliphatic rings. The molecule has 3 aromatic rings. The molecule has 0 spiro atoms. The van der Waals surface area contributed by atoms with E-state index in [0.717, 1.165) is 29.7 Å². The fourth-order valence-corrected chi connectivity index (χ4v) is 4.45. The molecule has 0 unspecified atom stereocenters. The standard InChI is InChI=1S/C20H24N4O2S/c1-13(2)15-7-4-8-17-18(15)21-20(27-17)24(12-14-6-5-11-26-14)19(25)16-9-10-23(3)22-16/h4,7-10,13-14H,5-6,11-12H2,1-3H3/t14-/m0/s1. The SMILES string of the molecule is CC(C)c1cccc2sc(N(C[C@@H]3CCCO3)C(=O)c3ccn(C)n3)nc12. The number of aromatic nitrogens is 3. The number of para-hydroxylation sites is 1. The molecule has 1 amide bonds. The lowest BCUT2D eigenvalue weighted by molar-refractivity contribution is 0.0913. The predicted molar refractivity (Wildman–Crippen MR) is 108 cm³/mol. The Bertz CT molecular complexity index is 956. The minimum atomic E-state index is -0.128. The van der Waals surface area contributed by atoms with Crippen molar-refractivity contribution in [3.05, 3.63) is 41.7 Å². The normalized spacial score (nSPS) is 17.1. The van der Waals surface area contributed by atoms with Crippen LogP contribution in [0.4, 0.5) is 5.13 Å². The van der Waals surface area contributed by atoms with Gasteiger partial charge in [0.15, 0.2) is 10.8 Å². The molecule has 4 rings (SSSR count). The fraction of sp³-hybridized carbons (Fsp3) is 0.450. The quantitative estimate of drug-likeness (QED) is 0.668. The smallest absolute Gasteiger partial charge is 0.280 e. The van der Waals surface area contributed by atoms with Crippen LogP contribution in [0.15, 0.2) is 30.5 Å². The summed E-state index contributed by atoms with van der Waals surface area (Å²) in [6, 6.07) is 7.99. The first-order valence-electron chi connectivity index (χ1n) is 9.35. The van der Waals surface area contributed by atoms with Gasteiger partial charge in [0, 0.05) is 19.9 Å². The van der Waals surface area contributed by atoms with E-state index in [4.69, 9.17) is 9.72 Å². The molecule has 27 heavy (non-hydrogen) atoms. The van der Waals surface area contributed by atoms with Crippen LogP contribution < -0.4 is 4.90 Å². The summed E-state index contributed by atoms with van der Waals surface area (Å²) < 4.78 is 8.53. The van der Waals surface area contributed by atoms with Gasteiger partial charge in [0.2, 0.25) is 0 Å². The number of carbonyl (C=O) groups is 1. The number of aryl methyl sites for hydroxylation is 1. The van der Waals surface area contributed by atoms with E-state index in [0.29, 0.717) is 23.3 Å². The van der Waals surface area contributed by atoms with E-state index >= 15 is 0 Å². The van der Waals surface area contributed by atoms with Crippen molar-refractivity contribution >= 4 is 32.6 Å². The van der Waals surface area contributed by atoms with Crippen LogP contribution in [0.5, 0.6) is 0 Å². The summed E-state index contributed by atoms with van der Waals surface area (Å²) in [6.45, 7) is 5.59. The Hall–Kier alpha value is -2.25. The lowest BCUT2D eigenvalue weighted by Crippen LogP contribution is -2.37. The monoisotopic (exact) mass is 384 g/mol. The molecule has 1 aliphatic heterocycles. The molecule has 0 bridgehead atoms. The minimum absolute atomic E-state index is 0.0502. The Morgan fingerprint density at radius 2 is 2.26 bits per heavy atom. The van der Waals surface area contributed by atoms with Gasteiger partial charge >= 0.3 is 0 Å². The van der Waals surface area contributed by atoms with Crippen LogP contribution in [-0.2, 0) is 11.8 Å². The van der Waals surface area contributed by atoms with Crippen molar-refractivity contribution < 1.29 is 9.53 Å². The highest BCUT2D eigenvalue weighted by atomic mass is 32.1. The van der Waals surface area contributed by atoms with Gasteiger partial charge in [-0.1, -0.05) is 37.3 Å². The molecule has 1 atom stereocenters. The zero-order valence-electron chi connectivity index (χ0n) is 15.9. The van der Waals surface area contributed by atoms with Crippen molar-refractivity contribution in [2.24, 2.45) is 7.05 Å². The third-order valence-electron chi connectivity index (χ3n) is 4.88. The second-order valence-corrected chi connectivity index (χ2v) is 8.28. The summed E-state index contributed by atoms with van der Waals surface area (Å²) in [7, 11) is 1.81. The third-order valence-corrected chi connectivity index (χ3v) is 5.92. The zero-order valence-corrected chi connectivity index (χ0v) is 16.7. The first kappa shape index (κ1) is 18.1. The molecule has 6 nitrogen and oxygen atoms in total. The summed E-state index contributed by atoms with van der Waals surface area (Å²) in [5.41, 5.74) is 2.62. The maximum Gasteiger partial charge on any atom is 0.280 e. The fourth-order valence-electron chi connectivity index (χ4n) is 3.45. The molecule has 142 valence electrons. The van der Waals surface area contributed by atoms with Crippen molar-refractivity contribution in [3.8, 4) is 0 Å². The Kier molecular flexibility index (Phi) is 4.97. The second-order valence-electron chi connectivity index (χ2n) is 7.27. The van der Waals surface area contributed by atoms with E-state index < -0.39 is 0 Å². The van der Waals surface area contributed by atoms with Gasteiger partial charge in [-0.25, -0.2) is 4.98 Å². The molecule has 0 saturated carbocycles. The highest BCUT2D eigenvalue weighted by Gasteiger charge is 2.28. The van der Waals surface area contributed by atoms with Gasteiger partial charge in [-0.05, 0) is 36.5 Å².